The highest BCUT2D eigenvalue weighted by molar-refractivity contribution is 6.02. The Hall–Kier alpha value is -3.37. The van der Waals surface area contributed by atoms with E-state index in [4.69, 9.17) is 4.74 Å². The lowest BCUT2D eigenvalue weighted by molar-refractivity contribution is 0.0501. The van der Waals surface area contributed by atoms with Crippen molar-refractivity contribution in [3.8, 4) is 11.3 Å². The van der Waals surface area contributed by atoms with E-state index in [1.54, 1.807) is 0 Å². The molecule has 2 atom stereocenters. The van der Waals surface area contributed by atoms with E-state index in [-0.39, 0.29) is 18.1 Å². The van der Waals surface area contributed by atoms with Crippen LogP contribution in [-0.2, 0) is 11.8 Å². The number of carbonyl (C=O) groups is 1. The number of fused-ring (bicyclic) bond motifs is 2. The SMILES string of the molecule is Cn1c(-c2ccccc2)c([C@H]2c3ccccc3C(=O)N2C[C@H]2CCCO2)c2ccccc21. The molecule has 0 unspecified atom stereocenters. The Bertz CT molecular complexity index is 1300. The second-order valence-corrected chi connectivity index (χ2v) is 8.79. The first-order valence-corrected chi connectivity index (χ1v) is 11.4. The number of carbonyl (C=O) groups excluding carboxylic acids is 1. The summed E-state index contributed by atoms with van der Waals surface area (Å²) in [6, 6.07) is 27.0. The van der Waals surface area contributed by atoms with Gasteiger partial charge in [-0.1, -0.05) is 66.7 Å². The molecule has 0 spiro atoms. The highest BCUT2D eigenvalue weighted by atomic mass is 16.5. The first-order valence-electron chi connectivity index (χ1n) is 11.4. The quantitative estimate of drug-likeness (QED) is 0.431. The Balaban J connectivity index is 1.62. The van der Waals surface area contributed by atoms with Gasteiger partial charge in [-0.15, -0.1) is 0 Å². The number of aryl methyl sites for hydroxylation is 1. The molecule has 0 saturated carbocycles. The molecule has 0 bridgehead atoms. The van der Waals surface area contributed by atoms with E-state index in [1.165, 1.54) is 22.2 Å². The Labute approximate surface area is 188 Å². The number of ether oxygens (including phenoxy) is 1. The van der Waals surface area contributed by atoms with Crippen LogP contribution >= 0.6 is 0 Å². The molecule has 0 N–H and O–H groups in total. The third-order valence-electron chi connectivity index (χ3n) is 6.95. The minimum atomic E-state index is -0.135. The maximum atomic E-state index is 13.6. The van der Waals surface area contributed by atoms with Crippen molar-refractivity contribution in [2.45, 2.75) is 25.0 Å². The lowest BCUT2D eigenvalue weighted by Gasteiger charge is -2.29. The molecule has 4 nitrogen and oxygen atoms in total. The summed E-state index contributed by atoms with van der Waals surface area (Å²) in [5, 5.41) is 1.20. The first-order chi connectivity index (χ1) is 15.7. The van der Waals surface area contributed by atoms with E-state index in [9.17, 15) is 4.79 Å². The molecule has 2 aliphatic rings. The Kier molecular flexibility index (Phi) is 4.62. The molecule has 1 fully saturated rings. The molecule has 4 heteroatoms. The molecule has 6 rings (SSSR count). The lowest BCUT2D eigenvalue weighted by Crippen LogP contribution is -2.36. The van der Waals surface area contributed by atoms with Gasteiger partial charge in [-0.05, 0) is 36.1 Å². The molecule has 3 aromatic carbocycles. The summed E-state index contributed by atoms with van der Waals surface area (Å²) in [6.07, 6.45) is 2.17. The summed E-state index contributed by atoms with van der Waals surface area (Å²) < 4.78 is 8.23. The van der Waals surface area contributed by atoms with E-state index in [0.717, 1.165) is 36.1 Å². The average molecular weight is 423 g/mol. The molecule has 0 radical (unpaired) electrons. The number of benzene rings is 3. The number of rotatable bonds is 4. The summed E-state index contributed by atoms with van der Waals surface area (Å²) >= 11 is 0. The zero-order chi connectivity index (χ0) is 21.7. The van der Waals surface area contributed by atoms with Crippen molar-refractivity contribution in [1.29, 1.82) is 0 Å². The summed E-state index contributed by atoms with van der Waals surface area (Å²) in [6.45, 7) is 1.41. The Morgan fingerprint density at radius 3 is 2.50 bits per heavy atom. The van der Waals surface area contributed by atoms with Crippen molar-refractivity contribution in [1.82, 2.24) is 9.47 Å². The van der Waals surface area contributed by atoms with Gasteiger partial charge in [0.25, 0.3) is 5.91 Å². The van der Waals surface area contributed by atoms with E-state index >= 15 is 0 Å². The van der Waals surface area contributed by atoms with Crippen LogP contribution in [0, 0.1) is 0 Å². The smallest absolute Gasteiger partial charge is 0.255 e. The minimum absolute atomic E-state index is 0.103. The van der Waals surface area contributed by atoms with Gasteiger partial charge in [-0.25, -0.2) is 0 Å². The third kappa shape index (κ3) is 2.90. The van der Waals surface area contributed by atoms with Crippen molar-refractivity contribution in [2.24, 2.45) is 7.05 Å². The van der Waals surface area contributed by atoms with Crippen LogP contribution in [0.3, 0.4) is 0 Å². The highest BCUT2D eigenvalue weighted by Crippen LogP contribution is 2.46. The number of hydrogen-bond donors (Lipinski definition) is 0. The van der Waals surface area contributed by atoms with Gasteiger partial charge in [0.2, 0.25) is 0 Å². The van der Waals surface area contributed by atoms with Gasteiger partial charge in [-0.3, -0.25) is 4.79 Å². The fourth-order valence-corrected chi connectivity index (χ4v) is 5.52. The molecule has 4 aromatic rings. The number of para-hydroxylation sites is 1. The van der Waals surface area contributed by atoms with Crippen molar-refractivity contribution in [3.63, 3.8) is 0 Å². The molecule has 2 aliphatic heterocycles. The van der Waals surface area contributed by atoms with Gasteiger partial charge < -0.3 is 14.2 Å². The first kappa shape index (κ1) is 19.3. The summed E-state index contributed by atoms with van der Waals surface area (Å²) in [4.78, 5) is 15.7. The lowest BCUT2D eigenvalue weighted by atomic mass is 9.93. The van der Waals surface area contributed by atoms with Gasteiger partial charge in [0.05, 0.1) is 17.8 Å². The van der Waals surface area contributed by atoms with Crippen LogP contribution < -0.4 is 0 Å². The Morgan fingerprint density at radius 1 is 0.938 bits per heavy atom. The van der Waals surface area contributed by atoms with Crippen LogP contribution in [0.25, 0.3) is 22.2 Å². The molecule has 32 heavy (non-hydrogen) atoms. The zero-order valence-electron chi connectivity index (χ0n) is 18.2. The van der Waals surface area contributed by atoms with Gasteiger partial charge in [0, 0.05) is 42.2 Å². The molecule has 1 amide bonds. The fraction of sp³-hybridized carbons (Fsp3) is 0.250. The van der Waals surface area contributed by atoms with Gasteiger partial charge in [0.15, 0.2) is 0 Å². The maximum absolute atomic E-state index is 13.6. The van der Waals surface area contributed by atoms with E-state index in [0.29, 0.717) is 6.54 Å². The molecule has 1 saturated heterocycles. The highest BCUT2D eigenvalue weighted by Gasteiger charge is 2.41. The van der Waals surface area contributed by atoms with Crippen LogP contribution in [-0.4, -0.2) is 34.6 Å². The van der Waals surface area contributed by atoms with Gasteiger partial charge in [-0.2, -0.15) is 0 Å². The van der Waals surface area contributed by atoms with E-state index < -0.39 is 0 Å². The number of hydrogen-bond acceptors (Lipinski definition) is 2. The van der Waals surface area contributed by atoms with Crippen molar-refractivity contribution in [3.05, 3.63) is 95.6 Å². The zero-order valence-corrected chi connectivity index (χ0v) is 18.2. The van der Waals surface area contributed by atoms with Crippen molar-refractivity contribution < 1.29 is 9.53 Å². The molecule has 0 aliphatic carbocycles. The summed E-state index contributed by atoms with van der Waals surface area (Å²) in [5.74, 6) is 0.105. The third-order valence-corrected chi connectivity index (χ3v) is 6.95. The normalized spacial score (nSPS) is 20.3. The minimum Gasteiger partial charge on any atom is -0.376 e. The predicted octanol–water partition coefficient (Wildman–Crippen LogP) is 5.57. The summed E-state index contributed by atoms with van der Waals surface area (Å²) in [5.41, 5.74) is 6.60. The van der Waals surface area contributed by atoms with Crippen LogP contribution in [0.5, 0.6) is 0 Å². The topological polar surface area (TPSA) is 34.5 Å². The number of amides is 1. The number of nitrogens with zero attached hydrogens (tertiary/aromatic N) is 2. The maximum Gasteiger partial charge on any atom is 0.255 e. The standard InChI is InChI=1S/C28H26N2O2/c1-29-24-16-8-7-15-23(24)25(26(29)19-10-3-2-4-11-19)27-21-13-5-6-14-22(21)28(31)30(27)18-20-12-9-17-32-20/h2-8,10-11,13-16,20,27H,9,12,17-18H2,1H3/t20-,27-/m1/s1. The van der Waals surface area contributed by atoms with Crippen molar-refractivity contribution >= 4 is 16.8 Å². The van der Waals surface area contributed by atoms with E-state index in [1.807, 2.05) is 24.3 Å². The average Bonchev–Trinajstić information content (AvgIpc) is 3.52. The van der Waals surface area contributed by atoms with E-state index in [2.05, 4.69) is 71.1 Å². The van der Waals surface area contributed by atoms with Gasteiger partial charge >= 0.3 is 0 Å². The largest absolute Gasteiger partial charge is 0.376 e. The Morgan fingerprint density at radius 2 is 1.69 bits per heavy atom. The fourth-order valence-electron chi connectivity index (χ4n) is 5.52. The van der Waals surface area contributed by atoms with Crippen molar-refractivity contribution in [2.75, 3.05) is 13.2 Å². The molecular formula is C28H26N2O2. The molecule has 160 valence electrons. The molecule has 1 aromatic heterocycles. The predicted molar refractivity (Wildman–Crippen MR) is 127 cm³/mol. The monoisotopic (exact) mass is 422 g/mol. The second-order valence-electron chi connectivity index (χ2n) is 8.79. The van der Waals surface area contributed by atoms with Crippen LogP contribution in [0.2, 0.25) is 0 Å². The van der Waals surface area contributed by atoms with Gasteiger partial charge in [0.1, 0.15) is 0 Å². The van der Waals surface area contributed by atoms with Crippen LogP contribution in [0.15, 0.2) is 78.9 Å². The second kappa shape index (κ2) is 7.64. The molecule has 3 heterocycles. The molecular weight excluding hydrogens is 396 g/mol. The number of aromatic nitrogens is 1. The van der Waals surface area contributed by atoms with Crippen LogP contribution in [0.4, 0.5) is 0 Å². The van der Waals surface area contributed by atoms with Crippen LogP contribution in [0.1, 0.15) is 40.4 Å². The summed E-state index contributed by atoms with van der Waals surface area (Å²) in [7, 11) is 2.13.